The van der Waals surface area contributed by atoms with Gasteiger partial charge in [-0.15, -0.1) is 23.5 Å². The highest BCUT2D eigenvalue weighted by atomic mass is 32.2. The minimum Gasteiger partial charge on any atom is -0.444 e. The first-order chi connectivity index (χ1) is 31.6. The lowest BCUT2D eigenvalue weighted by Crippen LogP contribution is -2.44. The van der Waals surface area contributed by atoms with Crippen LogP contribution in [-0.4, -0.2) is 80.2 Å². The zero-order valence-corrected chi connectivity index (χ0v) is 39.0. The molecule has 1 heterocycles. The second-order valence-electron chi connectivity index (χ2n) is 16.7. The van der Waals surface area contributed by atoms with Gasteiger partial charge in [0.15, 0.2) is 0 Å². The summed E-state index contributed by atoms with van der Waals surface area (Å²) in [6, 6.07) is 63.6. The highest BCUT2D eigenvalue weighted by Gasteiger charge is 2.38. The molecule has 0 aliphatic heterocycles. The summed E-state index contributed by atoms with van der Waals surface area (Å²) >= 11 is 3.68. The topological polar surface area (TPSA) is 93.7 Å². The van der Waals surface area contributed by atoms with E-state index in [4.69, 9.17) is 4.74 Å². The van der Waals surface area contributed by atoms with E-state index in [9.17, 15) is 14.9 Å². The predicted molar refractivity (Wildman–Crippen MR) is 266 cm³/mol. The van der Waals surface area contributed by atoms with Crippen LogP contribution in [-0.2, 0) is 20.8 Å². The molecule has 7 aromatic rings. The maximum atomic E-state index is 14.2. The Kier molecular flexibility index (Phi) is 16.0. The average molecular weight is 904 g/mol. The first-order valence-electron chi connectivity index (χ1n) is 22.1. The molecule has 0 aliphatic carbocycles. The van der Waals surface area contributed by atoms with Gasteiger partial charge in [-0.05, 0) is 59.1 Å². The Morgan fingerprint density at radius 2 is 0.938 bits per heavy atom. The van der Waals surface area contributed by atoms with E-state index in [1.165, 1.54) is 22.9 Å². The number of hydrogen-bond donors (Lipinski definition) is 0. The van der Waals surface area contributed by atoms with Crippen molar-refractivity contribution in [2.75, 3.05) is 44.2 Å². The fourth-order valence-electron chi connectivity index (χ4n) is 8.29. The maximum absolute atomic E-state index is 14.2. The first kappa shape index (κ1) is 46.8. The van der Waals surface area contributed by atoms with Crippen molar-refractivity contribution < 1.29 is 14.5 Å². The molecule has 65 heavy (non-hydrogen) atoms. The molecule has 0 radical (unpaired) electrons. The van der Waals surface area contributed by atoms with E-state index in [1.54, 1.807) is 10.8 Å². The molecule has 0 bridgehead atoms. The highest BCUT2D eigenvalue weighted by molar-refractivity contribution is 8.00. The van der Waals surface area contributed by atoms with Gasteiger partial charge in [0.1, 0.15) is 18.0 Å². The summed E-state index contributed by atoms with van der Waals surface area (Å²) in [5, 5.41) is 11.9. The second-order valence-corrected chi connectivity index (χ2v) is 19.4. The van der Waals surface area contributed by atoms with Gasteiger partial charge in [0.2, 0.25) is 0 Å². The van der Waals surface area contributed by atoms with Crippen molar-refractivity contribution in [3.63, 3.8) is 0 Å². The zero-order chi connectivity index (χ0) is 45.5. The molecule has 1 aromatic heterocycles. The second kappa shape index (κ2) is 22.2. The van der Waals surface area contributed by atoms with Gasteiger partial charge in [-0.2, -0.15) is 0 Å². The van der Waals surface area contributed by atoms with Crippen LogP contribution in [0.25, 0.3) is 0 Å². The van der Waals surface area contributed by atoms with E-state index in [2.05, 4.69) is 155 Å². The number of benzene rings is 6. The van der Waals surface area contributed by atoms with Gasteiger partial charge in [-0.1, -0.05) is 187 Å². The van der Waals surface area contributed by atoms with Crippen LogP contribution in [0.15, 0.2) is 194 Å². The fraction of sp³-hybridized carbons (Fsp3) is 0.259. The lowest BCUT2D eigenvalue weighted by molar-refractivity contribution is -0.396. The van der Waals surface area contributed by atoms with Gasteiger partial charge in [0.05, 0.1) is 16.0 Å². The summed E-state index contributed by atoms with van der Waals surface area (Å²) in [6.45, 7) is 8.53. The number of aromatic nitrogens is 2. The van der Waals surface area contributed by atoms with Crippen molar-refractivity contribution >= 4 is 35.6 Å². The summed E-state index contributed by atoms with van der Waals surface area (Å²) in [5.74, 6) is 1.14. The molecule has 0 saturated carbocycles. The van der Waals surface area contributed by atoms with Crippen molar-refractivity contribution in [1.82, 2.24) is 19.4 Å². The zero-order valence-electron chi connectivity index (χ0n) is 37.3. The largest absolute Gasteiger partial charge is 0.444 e. The number of hydrogen-bond acceptors (Lipinski definition) is 8. The van der Waals surface area contributed by atoms with Gasteiger partial charge in [0.25, 0.3) is 0 Å². The molecule has 6 aromatic carbocycles. The molecule has 11 heteroatoms. The molecule has 0 N–H and O–H groups in total. The lowest BCUT2D eigenvalue weighted by Gasteiger charge is -2.37. The number of carbonyl (C=O) groups is 1. The summed E-state index contributed by atoms with van der Waals surface area (Å²) in [7, 11) is 0. The quantitative estimate of drug-likeness (QED) is 0.0400. The molecule has 9 nitrogen and oxygen atoms in total. The Hall–Kier alpha value is -6.14. The third kappa shape index (κ3) is 11.6. The Morgan fingerprint density at radius 3 is 1.29 bits per heavy atom. The van der Waals surface area contributed by atoms with Crippen molar-refractivity contribution in [3.05, 3.63) is 238 Å². The summed E-state index contributed by atoms with van der Waals surface area (Å²) in [4.78, 5) is 33.8. The number of ether oxygens (including phenoxy) is 1. The third-order valence-corrected chi connectivity index (χ3v) is 14.4. The minimum atomic E-state index is -0.698. The van der Waals surface area contributed by atoms with E-state index in [1.807, 2.05) is 85.6 Å². The van der Waals surface area contributed by atoms with Crippen molar-refractivity contribution in [2.45, 2.75) is 42.4 Å². The van der Waals surface area contributed by atoms with Crippen LogP contribution in [0.5, 0.6) is 0 Å². The molecule has 7 rings (SSSR count). The normalized spacial score (nSPS) is 11.9. The van der Waals surface area contributed by atoms with Crippen LogP contribution in [0.1, 0.15) is 54.2 Å². The number of nitrogens with zero attached hydrogens (tertiary/aromatic N) is 5. The number of nitro groups is 1. The predicted octanol–water partition coefficient (Wildman–Crippen LogP) is 11.8. The first-order valence-corrected chi connectivity index (χ1v) is 24.0. The van der Waals surface area contributed by atoms with Crippen molar-refractivity contribution in [2.24, 2.45) is 0 Å². The molecule has 0 saturated heterocycles. The standard InChI is InChI=1S/C54H57N5O4S2/c1-52(2,3)63-51(60)58(41-43-65-54(47-28-16-7-17-29-47,48-30-18-8-19-31-48)49-32-20-9-21-33-49)39-37-56(36-38-57-35-34-55-50(57)59(61)62)40-42-64-53(44-22-10-4-11-23-44,45-24-12-5-13-25-45)46-26-14-6-15-27-46/h4-35H,36-43H2,1-3H3. The van der Waals surface area contributed by atoms with Crippen LogP contribution in [0.2, 0.25) is 0 Å². The molecule has 0 atom stereocenters. The Bertz CT molecular complexity index is 2330. The van der Waals surface area contributed by atoms with Gasteiger partial charge in [-0.25, -0.2) is 9.36 Å². The Morgan fingerprint density at radius 1 is 0.569 bits per heavy atom. The molecule has 0 aliphatic rings. The van der Waals surface area contributed by atoms with E-state index in [0.29, 0.717) is 45.0 Å². The Balaban J connectivity index is 1.17. The van der Waals surface area contributed by atoms with Crippen LogP contribution >= 0.6 is 23.5 Å². The Labute approximate surface area is 392 Å². The SMILES string of the molecule is CC(C)(C)OC(=O)N(CCSC(c1ccccc1)(c1ccccc1)c1ccccc1)CCN(CCSC(c1ccccc1)(c1ccccc1)c1ccccc1)CCn1ccnc1[N+](=O)[O-]. The third-order valence-electron chi connectivity index (χ3n) is 11.3. The van der Waals surface area contributed by atoms with Crippen molar-refractivity contribution in [1.29, 1.82) is 0 Å². The molecule has 334 valence electrons. The lowest BCUT2D eigenvalue weighted by atomic mass is 9.84. The number of amides is 1. The molecular formula is C54H57N5O4S2. The van der Waals surface area contributed by atoms with Crippen LogP contribution in [0.4, 0.5) is 10.7 Å². The van der Waals surface area contributed by atoms with E-state index < -0.39 is 20.0 Å². The van der Waals surface area contributed by atoms with E-state index >= 15 is 0 Å². The number of imidazole rings is 1. The summed E-state index contributed by atoms with van der Waals surface area (Å²) in [5.41, 5.74) is 6.29. The highest BCUT2D eigenvalue weighted by Crippen LogP contribution is 2.49. The summed E-state index contributed by atoms with van der Waals surface area (Å²) in [6.07, 6.45) is 2.74. The number of rotatable bonds is 21. The molecule has 0 spiro atoms. The van der Waals surface area contributed by atoms with Gasteiger partial charge in [0, 0.05) is 44.2 Å². The number of thioether (sulfide) groups is 2. The van der Waals surface area contributed by atoms with Crippen molar-refractivity contribution in [3.8, 4) is 0 Å². The molecular weight excluding hydrogens is 847 g/mol. The molecule has 1 amide bonds. The maximum Gasteiger partial charge on any atom is 0.434 e. The van der Waals surface area contributed by atoms with Gasteiger partial charge < -0.3 is 19.8 Å². The minimum absolute atomic E-state index is 0.193. The van der Waals surface area contributed by atoms with Crippen LogP contribution in [0, 0.1) is 10.1 Å². The summed E-state index contributed by atoms with van der Waals surface area (Å²) < 4.78 is 6.60. The average Bonchev–Trinajstić information content (AvgIpc) is 3.82. The molecule has 0 fully saturated rings. The van der Waals surface area contributed by atoms with Crippen LogP contribution in [0.3, 0.4) is 0 Å². The van der Waals surface area contributed by atoms with Gasteiger partial charge >= 0.3 is 12.0 Å². The monoisotopic (exact) mass is 903 g/mol. The van der Waals surface area contributed by atoms with E-state index in [-0.39, 0.29) is 12.0 Å². The molecule has 0 unspecified atom stereocenters. The smallest absolute Gasteiger partial charge is 0.434 e. The number of carbonyl (C=O) groups excluding carboxylic acids is 1. The van der Waals surface area contributed by atoms with E-state index in [0.717, 1.165) is 22.4 Å². The fourth-order valence-corrected chi connectivity index (χ4v) is 11.4. The van der Waals surface area contributed by atoms with Crippen LogP contribution < -0.4 is 0 Å². The van der Waals surface area contributed by atoms with Gasteiger partial charge in [-0.3, -0.25) is 4.90 Å².